The number of methoxy groups -OCH3 is 1. The number of hydrogen-bond donors (Lipinski definition) is 2. The molecular formula is C20H33FIN3O. The van der Waals surface area contributed by atoms with Crippen molar-refractivity contribution < 1.29 is 9.13 Å². The van der Waals surface area contributed by atoms with Crippen LogP contribution in [0, 0.1) is 11.2 Å². The molecular weight excluding hydrogens is 444 g/mol. The summed E-state index contributed by atoms with van der Waals surface area (Å²) in [6.07, 6.45) is 7.02. The molecule has 1 aliphatic rings. The second-order valence-corrected chi connectivity index (χ2v) is 6.95. The Morgan fingerprint density at radius 3 is 2.50 bits per heavy atom. The summed E-state index contributed by atoms with van der Waals surface area (Å²) in [5, 5.41) is 6.72. The maximum atomic E-state index is 13.0. The van der Waals surface area contributed by atoms with Gasteiger partial charge in [0.05, 0.1) is 0 Å². The molecule has 2 rings (SSSR count). The highest BCUT2D eigenvalue weighted by molar-refractivity contribution is 14.0. The smallest absolute Gasteiger partial charge is 0.191 e. The Morgan fingerprint density at radius 2 is 1.88 bits per heavy atom. The van der Waals surface area contributed by atoms with Crippen molar-refractivity contribution in [1.82, 2.24) is 10.6 Å². The van der Waals surface area contributed by atoms with Crippen LogP contribution < -0.4 is 10.6 Å². The van der Waals surface area contributed by atoms with Gasteiger partial charge in [-0.05, 0) is 55.7 Å². The van der Waals surface area contributed by atoms with Crippen molar-refractivity contribution in [2.75, 3.05) is 33.4 Å². The first-order chi connectivity index (χ1) is 12.2. The van der Waals surface area contributed by atoms with E-state index in [0.29, 0.717) is 5.41 Å². The molecule has 1 aliphatic carbocycles. The minimum Gasteiger partial charge on any atom is -0.385 e. The van der Waals surface area contributed by atoms with E-state index in [1.165, 1.54) is 37.8 Å². The predicted molar refractivity (Wildman–Crippen MR) is 117 cm³/mol. The quantitative estimate of drug-likeness (QED) is 0.319. The summed E-state index contributed by atoms with van der Waals surface area (Å²) in [4.78, 5) is 4.84. The van der Waals surface area contributed by atoms with Crippen LogP contribution in [0.5, 0.6) is 0 Å². The number of rotatable bonds is 9. The van der Waals surface area contributed by atoms with Gasteiger partial charge in [-0.25, -0.2) is 4.39 Å². The van der Waals surface area contributed by atoms with Gasteiger partial charge in [0.1, 0.15) is 5.82 Å². The average Bonchev–Trinajstić information content (AvgIpc) is 3.09. The number of halogens is 2. The van der Waals surface area contributed by atoms with Crippen molar-refractivity contribution in [3.8, 4) is 0 Å². The molecule has 1 aromatic carbocycles. The first-order valence-electron chi connectivity index (χ1n) is 9.43. The number of aliphatic imine (C=N–C) groups is 1. The van der Waals surface area contributed by atoms with Crippen LogP contribution in [0.15, 0.2) is 29.3 Å². The van der Waals surface area contributed by atoms with E-state index in [1.807, 2.05) is 12.1 Å². The predicted octanol–water partition coefficient (Wildman–Crippen LogP) is 4.14. The molecule has 0 radical (unpaired) electrons. The van der Waals surface area contributed by atoms with Gasteiger partial charge in [-0.2, -0.15) is 0 Å². The molecule has 0 unspecified atom stereocenters. The minimum absolute atomic E-state index is 0. The van der Waals surface area contributed by atoms with Crippen LogP contribution in [0.3, 0.4) is 0 Å². The first kappa shape index (κ1) is 23.1. The van der Waals surface area contributed by atoms with Crippen LogP contribution in [-0.4, -0.2) is 39.3 Å². The number of benzene rings is 1. The lowest BCUT2D eigenvalue weighted by molar-refractivity contribution is 0.141. The van der Waals surface area contributed by atoms with Gasteiger partial charge in [0, 0.05) is 33.4 Å². The molecule has 148 valence electrons. The van der Waals surface area contributed by atoms with Crippen LogP contribution in [0.2, 0.25) is 0 Å². The van der Waals surface area contributed by atoms with Crippen molar-refractivity contribution in [2.45, 2.75) is 45.4 Å². The number of ether oxygens (including phenoxy) is 1. The second kappa shape index (κ2) is 12.5. The molecule has 0 spiro atoms. The Labute approximate surface area is 174 Å². The van der Waals surface area contributed by atoms with E-state index >= 15 is 0 Å². The molecule has 0 amide bonds. The van der Waals surface area contributed by atoms with Crippen LogP contribution in [0.25, 0.3) is 0 Å². The molecule has 26 heavy (non-hydrogen) atoms. The van der Waals surface area contributed by atoms with E-state index in [-0.39, 0.29) is 29.8 Å². The fourth-order valence-corrected chi connectivity index (χ4v) is 3.50. The Bertz CT molecular complexity index is 530. The van der Waals surface area contributed by atoms with Crippen molar-refractivity contribution in [2.24, 2.45) is 10.4 Å². The van der Waals surface area contributed by atoms with E-state index in [2.05, 4.69) is 17.6 Å². The Kier molecular flexibility index (Phi) is 11.1. The average molecular weight is 477 g/mol. The molecule has 0 bridgehead atoms. The molecule has 0 atom stereocenters. The SMILES string of the molecule is CCNC(=NCC1(CCOC)CCCC1)NCCc1ccc(F)cc1.I. The lowest BCUT2D eigenvalue weighted by Crippen LogP contribution is -2.39. The van der Waals surface area contributed by atoms with Crippen molar-refractivity contribution in [1.29, 1.82) is 0 Å². The van der Waals surface area contributed by atoms with Crippen LogP contribution in [-0.2, 0) is 11.2 Å². The largest absolute Gasteiger partial charge is 0.385 e. The number of nitrogens with one attached hydrogen (secondary N) is 2. The van der Waals surface area contributed by atoms with Crippen LogP contribution in [0.1, 0.15) is 44.6 Å². The first-order valence-corrected chi connectivity index (χ1v) is 9.43. The normalized spacial score (nSPS) is 16.2. The lowest BCUT2D eigenvalue weighted by atomic mass is 9.83. The summed E-state index contributed by atoms with van der Waals surface area (Å²) in [5.74, 6) is 0.679. The summed E-state index contributed by atoms with van der Waals surface area (Å²) >= 11 is 0. The van der Waals surface area contributed by atoms with E-state index in [9.17, 15) is 4.39 Å². The minimum atomic E-state index is -0.190. The standard InChI is InChI=1S/C20H32FN3O.HI/c1-3-22-19(23-14-10-17-6-8-18(21)9-7-17)24-16-20(13-15-25-2)11-4-5-12-20;/h6-9H,3-5,10-16H2,1-2H3,(H2,22,23,24);1H. The van der Waals surface area contributed by atoms with E-state index < -0.39 is 0 Å². The Balaban J connectivity index is 0.00000338. The highest BCUT2D eigenvalue weighted by Gasteiger charge is 2.33. The fraction of sp³-hybridized carbons (Fsp3) is 0.650. The number of hydrogen-bond acceptors (Lipinski definition) is 2. The zero-order valence-corrected chi connectivity index (χ0v) is 18.4. The van der Waals surface area contributed by atoms with Crippen molar-refractivity contribution in [3.05, 3.63) is 35.6 Å². The molecule has 6 heteroatoms. The van der Waals surface area contributed by atoms with Gasteiger partial charge in [0.25, 0.3) is 0 Å². The van der Waals surface area contributed by atoms with Gasteiger partial charge in [0.15, 0.2) is 5.96 Å². The fourth-order valence-electron chi connectivity index (χ4n) is 3.50. The molecule has 4 nitrogen and oxygen atoms in total. The highest BCUT2D eigenvalue weighted by atomic mass is 127. The lowest BCUT2D eigenvalue weighted by Gasteiger charge is -2.27. The zero-order valence-electron chi connectivity index (χ0n) is 16.0. The van der Waals surface area contributed by atoms with Gasteiger partial charge < -0.3 is 15.4 Å². The van der Waals surface area contributed by atoms with Crippen molar-refractivity contribution >= 4 is 29.9 Å². The van der Waals surface area contributed by atoms with Gasteiger partial charge >= 0.3 is 0 Å². The van der Waals surface area contributed by atoms with Crippen molar-refractivity contribution in [3.63, 3.8) is 0 Å². The highest BCUT2D eigenvalue weighted by Crippen LogP contribution is 2.41. The monoisotopic (exact) mass is 477 g/mol. The van der Waals surface area contributed by atoms with E-state index in [4.69, 9.17) is 9.73 Å². The summed E-state index contributed by atoms with van der Waals surface area (Å²) in [5.41, 5.74) is 1.42. The number of guanidine groups is 1. The van der Waals surface area contributed by atoms with Crippen LogP contribution in [0.4, 0.5) is 4.39 Å². The molecule has 1 saturated carbocycles. The number of nitrogens with zero attached hydrogens (tertiary/aromatic N) is 1. The molecule has 2 N–H and O–H groups in total. The maximum Gasteiger partial charge on any atom is 0.191 e. The third kappa shape index (κ3) is 7.78. The molecule has 0 saturated heterocycles. The topological polar surface area (TPSA) is 45.7 Å². The summed E-state index contributed by atoms with van der Waals surface area (Å²) in [6, 6.07) is 6.68. The Morgan fingerprint density at radius 1 is 1.19 bits per heavy atom. The third-order valence-corrected chi connectivity index (χ3v) is 5.04. The molecule has 0 heterocycles. The van der Waals surface area contributed by atoms with Gasteiger partial charge in [0.2, 0.25) is 0 Å². The van der Waals surface area contributed by atoms with E-state index in [1.54, 1.807) is 7.11 Å². The third-order valence-electron chi connectivity index (χ3n) is 5.04. The Hall–Kier alpha value is -0.890. The molecule has 1 aromatic rings. The molecule has 0 aromatic heterocycles. The summed E-state index contributed by atoms with van der Waals surface area (Å²) in [7, 11) is 1.77. The summed E-state index contributed by atoms with van der Waals surface area (Å²) in [6.45, 7) is 5.36. The molecule has 1 fully saturated rings. The molecule has 0 aliphatic heterocycles. The van der Waals surface area contributed by atoms with Gasteiger partial charge in [-0.15, -0.1) is 24.0 Å². The van der Waals surface area contributed by atoms with Gasteiger partial charge in [-0.1, -0.05) is 25.0 Å². The zero-order chi connectivity index (χ0) is 18.0. The second-order valence-electron chi connectivity index (χ2n) is 6.95. The maximum absolute atomic E-state index is 13.0. The van der Waals surface area contributed by atoms with Crippen LogP contribution >= 0.6 is 24.0 Å². The van der Waals surface area contributed by atoms with Gasteiger partial charge in [-0.3, -0.25) is 4.99 Å². The summed E-state index contributed by atoms with van der Waals surface area (Å²) < 4.78 is 18.3. The van der Waals surface area contributed by atoms with E-state index in [0.717, 1.165) is 50.6 Å².